The maximum atomic E-state index is 11.4. The lowest BCUT2D eigenvalue weighted by Crippen LogP contribution is -2.15. The molecule has 2 rings (SSSR count). The zero-order valence-electron chi connectivity index (χ0n) is 8.32. The minimum absolute atomic E-state index is 0.0600. The highest BCUT2D eigenvalue weighted by Gasteiger charge is 2.05. The summed E-state index contributed by atoms with van der Waals surface area (Å²) in [6, 6.07) is 6.72. The molecule has 0 aliphatic rings. The number of aryl methyl sites for hydroxylation is 1. The minimum Gasteiger partial charge on any atom is -0.398 e. The molecular formula is C12H10N2O. The van der Waals surface area contributed by atoms with Gasteiger partial charge in [0.25, 0.3) is 5.56 Å². The van der Waals surface area contributed by atoms with Crippen molar-refractivity contribution < 1.29 is 0 Å². The fourth-order valence-corrected chi connectivity index (χ4v) is 1.63. The summed E-state index contributed by atoms with van der Waals surface area (Å²) >= 11 is 0. The maximum Gasteiger partial charge on any atom is 0.250 e. The zero-order valence-corrected chi connectivity index (χ0v) is 8.32. The van der Waals surface area contributed by atoms with Gasteiger partial charge in [0.2, 0.25) is 0 Å². The molecule has 2 aromatic rings. The van der Waals surface area contributed by atoms with Crippen molar-refractivity contribution in [3.63, 3.8) is 0 Å². The largest absolute Gasteiger partial charge is 0.398 e. The van der Waals surface area contributed by atoms with Gasteiger partial charge in [-0.1, -0.05) is 5.92 Å². The number of nitrogen functional groups attached to an aromatic ring is 1. The van der Waals surface area contributed by atoms with Crippen molar-refractivity contribution in [2.45, 2.75) is 0 Å². The van der Waals surface area contributed by atoms with Crippen LogP contribution in [-0.4, -0.2) is 4.57 Å². The summed E-state index contributed by atoms with van der Waals surface area (Å²) in [5, 5.41) is 0.833. The topological polar surface area (TPSA) is 48.0 Å². The molecule has 2 N–H and O–H groups in total. The number of hydrogen-bond donors (Lipinski definition) is 1. The molecule has 0 amide bonds. The lowest BCUT2D eigenvalue weighted by Gasteiger charge is -2.07. The van der Waals surface area contributed by atoms with Crippen molar-refractivity contribution in [1.82, 2.24) is 4.57 Å². The van der Waals surface area contributed by atoms with Gasteiger partial charge in [0.1, 0.15) is 0 Å². The Kier molecular flexibility index (Phi) is 1.98. The molecule has 1 aromatic heterocycles. The van der Waals surface area contributed by atoms with E-state index in [4.69, 9.17) is 12.2 Å². The second kappa shape index (κ2) is 3.18. The Hall–Kier alpha value is -2.21. The predicted octanol–water partition coefficient (Wildman–Crippen LogP) is 1.10. The van der Waals surface area contributed by atoms with Gasteiger partial charge < -0.3 is 10.3 Å². The van der Waals surface area contributed by atoms with Gasteiger partial charge in [-0.25, -0.2) is 0 Å². The normalized spacial score (nSPS) is 10.1. The highest BCUT2D eigenvalue weighted by Crippen LogP contribution is 2.21. The quantitative estimate of drug-likeness (QED) is 0.509. The number of nitrogens with two attached hydrogens (primary N) is 1. The number of nitrogens with zero attached hydrogens (tertiary/aromatic N) is 1. The van der Waals surface area contributed by atoms with Crippen LogP contribution in [0.4, 0.5) is 5.69 Å². The molecule has 0 atom stereocenters. The van der Waals surface area contributed by atoms with E-state index >= 15 is 0 Å². The van der Waals surface area contributed by atoms with Crippen molar-refractivity contribution in [1.29, 1.82) is 0 Å². The third-order valence-electron chi connectivity index (χ3n) is 2.48. The van der Waals surface area contributed by atoms with Crippen molar-refractivity contribution in [2.75, 3.05) is 5.73 Å². The maximum absolute atomic E-state index is 11.4. The number of hydrogen-bond acceptors (Lipinski definition) is 2. The van der Waals surface area contributed by atoms with Crippen LogP contribution in [-0.2, 0) is 7.05 Å². The summed E-state index contributed by atoms with van der Waals surface area (Å²) < 4.78 is 1.55. The molecule has 1 aromatic carbocycles. The minimum atomic E-state index is -0.0600. The SMILES string of the molecule is C#Cc1c(N)ccc2c1ccc(=O)n2C. The smallest absolute Gasteiger partial charge is 0.250 e. The highest BCUT2D eigenvalue weighted by molar-refractivity contribution is 5.90. The van der Waals surface area contributed by atoms with E-state index in [1.807, 2.05) is 0 Å². The summed E-state index contributed by atoms with van der Waals surface area (Å²) in [6.07, 6.45) is 5.39. The van der Waals surface area contributed by atoms with Crippen LogP contribution in [0.1, 0.15) is 5.56 Å². The monoisotopic (exact) mass is 198 g/mol. The summed E-state index contributed by atoms with van der Waals surface area (Å²) in [5.74, 6) is 2.54. The molecule has 3 nitrogen and oxygen atoms in total. The number of rotatable bonds is 0. The van der Waals surface area contributed by atoms with Gasteiger partial charge in [-0.3, -0.25) is 4.79 Å². The third-order valence-corrected chi connectivity index (χ3v) is 2.48. The number of anilines is 1. The molecule has 0 spiro atoms. The summed E-state index contributed by atoms with van der Waals surface area (Å²) in [5.41, 5.74) is 7.69. The van der Waals surface area contributed by atoms with Gasteiger partial charge in [0.15, 0.2) is 0 Å². The van der Waals surface area contributed by atoms with Crippen LogP contribution < -0.4 is 11.3 Å². The van der Waals surface area contributed by atoms with E-state index in [1.54, 1.807) is 29.8 Å². The Labute approximate surface area is 87.1 Å². The summed E-state index contributed by atoms with van der Waals surface area (Å²) in [7, 11) is 1.71. The van der Waals surface area contributed by atoms with Gasteiger partial charge >= 0.3 is 0 Å². The van der Waals surface area contributed by atoms with E-state index in [0.29, 0.717) is 11.3 Å². The van der Waals surface area contributed by atoms with Crippen molar-refractivity contribution >= 4 is 16.6 Å². The van der Waals surface area contributed by atoms with Crippen LogP contribution in [0.3, 0.4) is 0 Å². The first-order valence-electron chi connectivity index (χ1n) is 4.50. The van der Waals surface area contributed by atoms with E-state index in [9.17, 15) is 4.79 Å². The number of benzene rings is 1. The van der Waals surface area contributed by atoms with E-state index in [-0.39, 0.29) is 5.56 Å². The number of fused-ring (bicyclic) bond motifs is 1. The molecule has 0 aliphatic carbocycles. The van der Waals surface area contributed by atoms with Crippen LogP contribution in [0.15, 0.2) is 29.1 Å². The molecule has 15 heavy (non-hydrogen) atoms. The van der Waals surface area contributed by atoms with Crippen molar-refractivity contribution in [2.24, 2.45) is 7.05 Å². The Bertz CT molecular complexity index is 632. The third kappa shape index (κ3) is 1.27. The Morgan fingerprint density at radius 3 is 2.73 bits per heavy atom. The van der Waals surface area contributed by atoms with Crippen LogP contribution in [0.2, 0.25) is 0 Å². The lowest BCUT2D eigenvalue weighted by molar-refractivity contribution is 0.906. The summed E-state index contributed by atoms with van der Waals surface area (Å²) in [4.78, 5) is 11.4. The first kappa shape index (κ1) is 9.35. The highest BCUT2D eigenvalue weighted by atomic mass is 16.1. The van der Waals surface area contributed by atoms with E-state index in [1.165, 1.54) is 6.07 Å². The molecule has 0 bridgehead atoms. The lowest BCUT2D eigenvalue weighted by atomic mass is 10.1. The first-order chi connectivity index (χ1) is 7.15. The van der Waals surface area contributed by atoms with Crippen LogP contribution in [0.25, 0.3) is 10.9 Å². The average molecular weight is 198 g/mol. The standard InChI is InChI=1S/C12H10N2O/c1-3-8-9-4-7-12(15)14(2)11(9)6-5-10(8)13/h1,4-7H,13H2,2H3. The Balaban J connectivity index is 3.04. The molecule has 1 heterocycles. The zero-order chi connectivity index (χ0) is 11.0. The molecule has 0 fully saturated rings. The van der Waals surface area contributed by atoms with E-state index < -0.39 is 0 Å². The van der Waals surface area contributed by atoms with Gasteiger partial charge in [0.05, 0.1) is 11.1 Å². The Morgan fingerprint density at radius 1 is 1.33 bits per heavy atom. The molecule has 74 valence electrons. The molecule has 0 saturated heterocycles. The van der Waals surface area contributed by atoms with Gasteiger partial charge in [-0.05, 0) is 18.2 Å². The molecule has 0 unspecified atom stereocenters. The average Bonchev–Trinajstić information content (AvgIpc) is 2.23. The second-order valence-electron chi connectivity index (χ2n) is 3.34. The van der Waals surface area contributed by atoms with Gasteiger partial charge in [-0.2, -0.15) is 0 Å². The van der Waals surface area contributed by atoms with Crippen LogP contribution in [0, 0.1) is 12.3 Å². The number of aromatic nitrogens is 1. The molecule has 3 heteroatoms. The van der Waals surface area contributed by atoms with Crippen LogP contribution >= 0.6 is 0 Å². The predicted molar refractivity (Wildman–Crippen MR) is 61.5 cm³/mol. The number of terminal acetylenes is 1. The molecule has 0 saturated carbocycles. The van der Waals surface area contributed by atoms with E-state index in [0.717, 1.165) is 10.9 Å². The summed E-state index contributed by atoms with van der Waals surface area (Å²) in [6.45, 7) is 0. The Morgan fingerprint density at radius 2 is 2.07 bits per heavy atom. The van der Waals surface area contributed by atoms with E-state index in [2.05, 4.69) is 5.92 Å². The molecular weight excluding hydrogens is 188 g/mol. The van der Waals surface area contributed by atoms with Gasteiger partial charge in [-0.15, -0.1) is 6.42 Å². The molecule has 0 radical (unpaired) electrons. The fraction of sp³-hybridized carbons (Fsp3) is 0.0833. The first-order valence-corrected chi connectivity index (χ1v) is 4.50. The van der Waals surface area contributed by atoms with Crippen LogP contribution in [0.5, 0.6) is 0 Å². The number of pyridine rings is 1. The second-order valence-corrected chi connectivity index (χ2v) is 3.34. The van der Waals surface area contributed by atoms with Crippen molar-refractivity contribution in [3.8, 4) is 12.3 Å². The molecule has 0 aliphatic heterocycles. The van der Waals surface area contributed by atoms with Crippen molar-refractivity contribution in [3.05, 3.63) is 40.2 Å². The van der Waals surface area contributed by atoms with Gasteiger partial charge in [0, 0.05) is 24.2 Å². The fourth-order valence-electron chi connectivity index (χ4n) is 1.63.